The molecule has 0 aliphatic heterocycles. The number of aromatic carboxylic acids is 1. The first kappa shape index (κ1) is 9.77. The molecule has 1 N–H and O–H groups in total. The lowest BCUT2D eigenvalue weighted by Crippen LogP contribution is -1.97. The smallest absolute Gasteiger partial charge is 0.336 e. The molecule has 15 heavy (non-hydrogen) atoms. The molecule has 0 spiro atoms. The monoisotopic (exact) mass is 204 g/mol. The topological polar surface area (TPSA) is 50.4 Å². The first-order valence-corrected chi connectivity index (χ1v) is 4.89. The van der Waals surface area contributed by atoms with Crippen LogP contribution >= 0.6 is 0 Å². The predicted octanol–water partition coefficient (Wildman–Crippen LogP) is 3.00. The highest BCUT2D eigenvalue weighted by Gasteiger charge is 2.16. The molecule has 2 aromatic rings. The number of aryl methyl sites for hydroxylation is 2. The first-order chi connectivity index (χ1) is 7.15. The van der Waals surface area contributed by atoms with E-state index in [2.05, 4.69) is 0 Å². The standard InChI is InChI=1S/C12H12O3/c1-3-8-7(2)15-10-6-4-5-9(11(8)10)12(13)14/h4-6H,3H2,1-2H3,(H,13,14). The number of hydrogen-bond donors (Lipinski definition) is 1. The molecule has 2 rings (SSSR count). The molecule has 3 heteroatoms. The van der Waals surface area contributed by atoms with Crippen molar-refractivity contribution in [3.8, 4) is 0 Å². The molecule has 0 atom stereocenters. The van der Waals surface area contributed by atoms with Crippen molar-refractivity contribution in [1.82, 2.24) is 0 Å². The van der Waals surface area contributed by atoms with Gasteiger partial charge in [-0.15, -0.1) is 0 Å². The Morgan fingerprint density at radius 1 is 1.47 bits per heavy atom. The summed E-state index contributed by atoms with van der Waals surface area (Å²) >= 11 is 0. The van der Waals surface area contributed by atoms with Gasteiger partial charge in [-0.1, -0.05) is 13.0 Å². The van der Waals surface area contributed by atoms with Crippen LogP contribution in [0.1, 0.15) is 28.6 Å². The molecule has 0 fully saturated rings. The fourth-order valence-electron chi connectivity index (χ4n) is 1.93. The minimum Gasteiger partial charge on any atom is -0.478 e. The molecule has 0 bridgehead atoms. The van der Waals surface area contributed by atoms with E-state index in [1.807, 2.05) is 13.8 Å². The summed E-state index contributed by atoms with van der Waals surface area (Å²) in [5, 5.41) is 9.81. The van der Waals surface area contributed by atoms with Crippen LogP contribution in [-0.4, -0.2) is 11.1 Å². The summed E-state index contributed by atoms with van der Waals surface area (Å²) in [5.74, 6) is -0.0997. The second-order valence-electron chi connectivity index (χ2n) is 3.47. The molecule has 0 saturated carbocycles. The Labute approximate surface area is 87.3 Å². The molecule has 0 aliphatic carbocycles. The van der Waals surface area contributed by atoms with Gasteiger partial charge in [0.25, 0.3) is 0 Å². The van der Waals surface area contributed by atoms with Crippen LogP contribution in [0.15, 0.2) is 22.6 Å². The van der Waals surface area contributed by atoms with Gasteiger partial charge in [0.05, 0.1) is 5.56 Å². The van der Waals surface area contributed by atoms with Crippen LogP contribution in [0.3, 0.4) is 0 Å². The van der Waals surface area contributed by atoms with Gasteiger partial charge >= 0.3 is 5.97 Å². The van der Waals surface area contributed by atoms with E-state index in [-0.39, 0.29) is 0 Å². The molecule has 78 valence electrons. The van der Waals surface area contributed by atoms with Gasteiger partial charge in [0.2, 0.25) is 0 Å². The molecule has 0 unspecified atom stereocenters. The van der Waals surface area contributed by atoms with Gasteiger partial charge in [-0.2, -0.15) is 0 Å². The van der Waals surface area contributed by atoms with Crippen LogP contribution in [-0.2, 0) is 6.42 Å². The van der Waals surface area contributed by atoms with Crippen molar-refractivity contribution in [2.75, 3.05) is 0 Å². The summed E-state index contributed by atoms with van der Waals surface area (Å²) in [5.41, 5.74) is 1.97. The largest absolute Gasteiger partial charge is 0.478 e. The zero-order valence-corrected chi connectivity index (χ0v) is 8.70. The van der Waals surface area contributed by atoms with Gasteiger partial charge in [-0.25, -0.2) is 4.79 Å². The highest BCUT2D eigenvalue weighted by Crippen LogP contribution is 2.28. The second-order valence-corrected chi connectivity index (χ2v) is 3.47. The minimum absolute atomic E-state index is 0.321. The van der Waals surface area contributed by atoms with Gasteiger partial charge in [0, 0.05) is 10.9 Å². The number of carbonyl (C=O) groups is 1. The molecular formula is C12H12O3. The van der Waals surface area contributed by atoms with Gasteiger partial charge in [0.15, 0.2) is 0 Å². The van der Waals surface area contributed by atoms with Crippen LogP contribution in [0.25, 0.3) is 11.0 Å². The Hall–Kier alpha value is -1.77. The molecular weight excluding hydrogens is 192 g/mol. The maximum absolute atomic E-state index is 11.1. The van der Waals surface area contributed by atoms with E-state index >= 15 is 0 Å². The van der Waals surface area contributed by atoms with E-state index < -0.39 is 5.97 Å². The third-order valence-corrected chi connectivity index (χ3v) is 2.60. The maximum Gasteiger partial charge on any atom is 0.336 e. The fraction of sp³-hybridized carbons (Fsp3) is 0.250. The summed E-state index contributed by atoms with van der Waals surface area (Å²) in [7, 11) is 0. The number of hydrogen-bond acceptors (Lipinski definition) is 2. The van der Waals surface area contributed by atoms with E-state index in [0.717, 1.165) is 23.1 Å². The lowest BCUT2D eigenvalue weighted by Gasteiger charge is -1.98. The third-order valence-electron chi connectivity index (χ3n) is 2.60. The number of furan rings is 1. The van der Waals surface area contributed by atoms with E-state index in [1.165, 1.54) is 0 Å². The van der Waals surface area contributed by atoms with Gasteiger partial charge in [-0.3, -0.25) is 0 Å². The molecule has 0 radical (unpaired) electrons. The third kappa shape index (κ3) is 1.40. The van der Waals surface area contributed by atoms with Crippen molar-refractivity contribution in [2.45, 2.75) is 20.3 Å². The highest BCUT2D eigenvalue weighted by molar-refractivity contribution is 6.04. The molecule has 0 saturated heterocycles. The number of rotatable bonds is 2. The predicted molar refractivity (Wildman–Crippen MR) is 57.3 cm³/mol. The molecule has 1 aromatic heterocycles. The minimum atomic E-state index is -0.906. The quantitative estimate of drug-likeness (QED) is 0.818. The van der Waals surface area contributed by atoms with Crippen molar-refractivity contribution in [1.29, 1.82) is 0 Å². The average Bonchev–Trinajstić information content (AvgIpc) is 2.52. The zero-order chi connectivity index (χ0) is 11.0. The van der Waals surface area contributed by atoms with Crippen LogP contribution in [0, 0.1) is 6.92 Å². The molecule has 3 nitrogen and oxygen atoms in total. The van der Waals surface area contributed by atoms with Gasteiger partial charge in [0.1, 0.15) is 11.3 Å². The van der Waals surface area contributed by atoms with Crippen LogP contribution in [0.2, 0.25) is 0 Å². The van der Waals surface area contributed by atoms with Crippen molar-refractivity contribution < 1.29 is 14.3 Å². The Balaban J connectivity index is 2.87. The summed E-state index contributed by atoms with van der Waals surface area (Å²) < 4.78 is 5.52. The maximum atomic E-state index is 11.1. The number of fused-ring (bicyclic) bond motifs is 1. The Morgan fingerprint density at radius 2 is 2.20 bits per heavy atom. The first-order valence-electron chi connectivity index (χ1n) is 4.89. The zero-order valence-electron chi connectivity index (χ0n) is 8.70. The van der Waals surface area contributed by atoms with Crippen molar-refractivity contribution in [3.63, 3.8) is 0 Å². The van der Waals surface area contributed by atoms with Crippen LogP contribution in [0.4, 0.5) is 0 Å². The normalized spacial score (nSPS) is 10.8. The summed E-state index contributed by atoms with van der Waals surface area (Å²) in [6.07, 6.45) is 0.781. The van der Waals surface area contributed by atoms with Gasteiger partial charge < -0.3 is 9.52 Å². The SMILES string of the molecule is CCc1c(C)oc2cccc(C(=O)O)c12. The van der Waals surface area contributed by atoms with Crippen molar-refractivity contribution in [3.05, 3.63) is 35.1 Å². The lowest BCUT2D eigenvalue weighted by atomic mass is 10.0. The van der Waals surface area contributed by atoms with Gasteiger partial charge in [-0.05, 0) is 25.5 Å². The van der Waals surface area contributed by atoms with Crippen molar-refractivity contribution in [2.24, 2.45) is 0 Å². The summed E-state index contributed by atoms with van der Waals surface area (Å²) in [4.78, 5) is 11.1. The van der Waals surface area contributed by atoms with Crippen LogP contribution < -0.4 is 0 Å². The average molecular weight is 204 g/mol. The van der Waals surface area contributed by atoms with E-state index in [4.69, 9.17) is 9.52 Å². The Kier molecular flexibility index (Phi) is 2.23. The summed E-state index contributed by atoms with van der Waals surface area (Å²) in [6, 6.07) is 5.11. The van der Waals surface area contributed by atoms with Crippen molar-refractivity contribution >= 4 is 16.9 Å². The molecule has 1 aromatic carbocycles. The fourth-order valence-corrected chi connectivity index (χ4v) is 1.93. The lowest BCUT2D eigenvalue weighted by molar-refractivity contribution is 0.0699. The molecule has 1 heterocycles. The van der Waals surface area contributed by atoms with E-state index in [0.29, 0.717) is 11.1 Å². The molecule has 0 amide bonds. The Bertz CT molecular complexity index is 523. The Morgan fingerprint density at radius 3 is 2.80 bits per heavy atom. The number of carboxylic acid groups (broad SMARTS) is 1. The van der Waals surface area contributed by atoms with Crippen LogP contribution in [0.5, 0.6) is 0 Å². The highest BCUT2D eigenvalue weighted by atomic mass is 16.4. The number of carboxylic acids is 1. The number of benzene rings is 1. The summed E-state index contributed by atoms with van der Waals surface area (Å²) in [6.45, 7) is 3.86. The second kappa shape index (κ2) is 3.42. The van der Waals surface area contributed by atoms with E-state index in [9.17, 15) is 4.79 Å². The molecule has 0 aliphatic rings. The van der Waals surface area contributed by atoms with E-state index in [1.54, 1.807) is 18.2 Å².